The van der Waals surface area contributed by atoms with E-state index < -0.39 is 0 Å². The molecule has 0 aliphatic carbocycles. The first-order chi connectivity index (χ1) is 22.8. The van der Waals surface area contributed by atoms with Crippen LogP contribution in [0.15, 0.2) is 188 Å². The summed E-state index contributed by atoms with van der Waals surface area (Å²) in [7, 11) is 0. The quantitative estimate of drug-likeness (QED) is 0.182. The normalized spacial score (nSPS) is 13.7. The standard InChI is InChI=1S/C44H34N2/c1-4-12-33(13-5-1)34-20-26-40(27-21-34)45(39-17-8-3-9-18-39)41-28-22-35(23-29-41)36-24-30-42(31-25-36)46-43-19-11-10-16-38(43)32-44(46)37-14-6-2-7-15-37/h1-31,44H,32H2. The molecule has 2 heteroatoms. The predicted molar refractivity (Wildman–Crippen MR) is 193 cm³/mol. The number of fused-ring (bicyclic) bond motifs is 1. The molecule has 0 N–H and O–H groups in total. The average Bonchev–Trinajstić information content (AvgIpc) is 3.53. The summed E-state index contributed by atoms with van der Waals surface area (Å²) in [5.41, 5.74) is 13.5. The Balaban J connectivity index is 1.08. The molecule has 7 aromatic carbocycles. The summed E-state index contributed by atoms with van der Waals surface area (Å²) in [6, 6.07) is 67.9. The van der Waals surface area contributed by atoms with Gasteiger partial charge in [-0.3, -0.25) is 0 Å². The molecule has 8 rings (SSSR count). The van der Waals surface area contributed by atoms with Crippen molar-refractivity contribution in [3.8, 4) is 22.3 Å². The van der Waals surface area contributed by atoms with Crippen LogP contribution in [-0.4, -0.2) is 0 Å². The van der Waals surface area contributed by atoms with Gasteiger partial charge in [-0.1, -0.05) is 133 Å². The number of hydrogen-bond acceptors (Lipinski definition) is 2. The summed E-state index contributed by atoms with van der Waals surface area (Å²) in [5.74, 6) is 0. The van der Waals surface area contributed by atoms with Crippen LogP contribution in [0.4, 0.5) is 28.4 Å². The lowest BCUT2D eigenvalue weighted by molar-refractivity contribution is 0.743. The fraction of sp³-hybridized carbons (Fsp3) is 0.0455. The Morgan fingerprint density at radius 1 is 0.391 bits per heavy atom. The Hall–Kier alpha value is -5.86. The first kappa shape index (κ1) is 27.7. The van der Waals surface area contributed by atoms with E-state index in [0.717, 1.165) is 23.5 Å². The molecule has 7 aromatic rings. The summed E-state index contributed by atoms with van der Waals surface area (Å²) in [6.45, 7) is 0. The molecule has 0 bridgehead atoms. The molecule has 0 fully saturated rings. The second kappa shape index (κ2) is 12.3. The van der Waals surface area contributed by atoms with Gasteiger partial charge in [-0.05, 0) is 94.4 Å². The fourth-order valence-corrected chi connectivity index (χ4v) is 6.72. The van der Waals surface area contributed by atoms with E-state index in [-0.39, 0.29) is 6.04 Å². The van der Waals surface area contributed by atoms with Crippen LogP contribution >= 0.6 is 0 Å². The highest BCUT2D eigenvalue weighted by molar-refractivity contribution is 5.80. The van der Waals surface area contributed by atoms with E-state index in [1.807, 2.05) is 0 Å². The van der Waals surface area contributed by atoms with Gasteiger partial charge in [0.1, 0.15) is 0 Å². The van der Waals surface area contributed by atoms with Gasteiger partial charge in [0.2, 0.25) is 0 Å². The van der Waals surface area contributed by atoms with Gasteiger partial charge in [-0.2, -0.15) is 0 Å². The summed E-state index contributed by atoms with van der Waals surface area (Å²) in [5, 5.41) is 0. The molecule has 0 saturated carbocycles. The first-order valence-corrected chi connectivity index (χ1v) is 16.0. The van der Waals surface area contributed by atoms with Crippen molar-refractivity contribution < 1.29 is 0 Å². The van der Waals surface area contributed by atoms with Crippen LogP contribution in [0.25, 0.3) is 22.3 Å². The molecule has 0 amide bonds. The predicted octanol–water partition coefficient (Wildman–Crippen LogP) is 11.9. The topological polar surface area (TPSA) is 6.48 Å². The van der Waals surface area contributed by atoms with Crippen LogP contribution in [0.1, 0.15) is 17.2 Å². The van der Waals surface area contributed by atoms with E-state index in [1.165, 1.54) is 44.8 Å². The van der Waals surface area contributed by atoms with E-state index >= 15 is 0 Å². The molecular weight excluding hydrogens is 556 g/mol. The van der Waals surface area contributed by atoms with E-state index in [9.17, 15) is 0 Å². The largest absolute Gasteiger partial charge is 0.333 e. The van der Waals surface area contributed by atoms with Gasteiger partial charge in [-0.25, -0.2) is 0 Å². The van der Waals surface area contributed by atoms with E-state index in [1.54, 1.807) is 0 Å². The zero-order valence-electron chi connectivity index (χ0n) is 25.6. The summed E-state index contributed by atoms with van der Waals surface area (Å²) in [4.78, 5) is 4.81. The maximum atomic E-state index is 2.50. The highest BCUT2D eigenvalue weighted by atomic mass is 15.2. The number of benzene rings is 7. The lowest BCUT2D eigenvalue weighted by Crippen LogP contribution is -2.19. The zero-order chi connectivity index (χ0) is 30.7. The van der Waals surface area contributed by atoms with Gasteiger partial charge >= 0.3 is 0 Å². The lowest BCUT2D eigenvalue weighted by Gasteiger charge is -2.28. The SMILES string of the molecule is c1ccc(-c2ccc(N(c3ccccc3)c3ccc(-c4ccc(N5c6ccccc6CC5c5ccccc5)cc4)cc3)cc2)cc1. The molecule has 0 spiro atoms. The van der Waals surface area contributed by atoms with Gasteiger partial charge in [0.05, 0.1) is 6.04 Å². The molecule has 1 heterocycles. The van der Waals surface area contributed by atoms with Crippen molar-refractivity contribution in [2.24, 2.45) is 0 Å². The van der Waals surface area contributed by atoms with Crippen LogP contribution in [0.3, 0.4) is 0 Å². The second-order valence-corrected chi connectivity index (χ2v) is 11.8. The van der Waals surface area contributed by atoms with E-state index in [4.69, 9.17) is 0 Å². The van der Waals surface area contributed by atoms with Crippen molar-refractivity contribution in [3.63, 3.8) is 0 Å². The molecule has 1 atom stereocenters. The number of rotatable bonds is 7. The third-order valence-corrected chi connectivity index (χ3v) is 9.01. The average molecular weight is 591 g/mol. The summed E-state index contributed by atoms with van der Waals surface area (Å²) < 4.78 is 0. The molecular formula is C44H34N2. The summed E-state index contributed by atoms with van der Waals surface area (Å²) in [6.07, 6.45) is 1.01. The van der Waals surface area contributed by atoms with Crippen LogP contribution in [0, 0.1) is 0 Å². The number of anilines is 5. The Kier molecular flexibility index (Phi) is 7.38. The number of hydrogen-bond donors (Lipinski definition) is 0. The van der Waals surface area contributed by atoms with Crippen LogP contribution in [0.5, 0.6) is 0 Å². The molecule has 1 unspecified atom stereocenters. The zero-order valence-corrected chi connectivity index (χ0v) is 25.6. The van der Waals surface area contributed by atoms with Crippen LogP contribution in [-0.2, 0) is 6.42 Å². The maximum Gasteiger partial charge on any atom is 0.0632 e. The molecule has 0 radical (unpaired) electrons. The fourth-order valence-electron chi connectivity index (χ4n) is 6.72. The first-order valence-electron chi connectivity index (χ1n) is 16.0. The van der Waals surface area contributed by atoms with Gasteiger partial charge in [0.25, 0.3) is 0 Å². The molecule has 0 saturated heterocycles. The minimum atomic E-state index is 0.287. The molecule has 1 aliphatic rings. The Morgan fingerprint density at radius 3 is 1.41 bits per heavy atom. The van der Waals surface area contributed by atoms with Crippen molar-refractivity contribution >= 4 is 28.4 Å². The monoisotopic (exact) mass is 590 g/mol. The van der Waals surface area contributed by atoms with E-state index in [0.29, 0.717) is 0 Å². The lowest BCUT2D eigenvalue weighted by atomic mass is 10.0. The van der Waals surface area contributed by atoms with Crippen LogP contribution in [0.2, 0.25) is 0 Å². The highest BCUT2D eigenvalue weighted by Gasteiger charge is 2.31. The van der Waals surface area contributed by atoms with Crippen molar-refractivity contribution in [2.45, 2.75) is 12.5 Å². The van der Waals surface area contributed by atoms with Crippen molar-refractivity contribution in [3.05, 3.63) is 199 Å². The van der Waals surface area contributed by atoms with Crippen molar-refractivity contribution in [1.29, 1.82) is 0 Å². The molecule has 220 valence electrons. The maximum absolute atomic E-state index is 2.50. The Labute approximate surface area is 271 Å². The Morgan fingerprint density at radius 2 is 0.826 bits per heavy atom. The van der Waals surface area contributed by atoms with Crippen LogP contribution < -0.4 is 9.80 Å². The molecule has 46 heavy (non-hydrogen) atoms. The third kappa shape index (κ3) is 5.35. The smallest absolute Gasteiger partial charge is 0.0632 e. The Bertz CT molecular complexity index is 2030. The molecule has 2 nitrogen and oxygen atoms in total. The van der Waals surface area contributed by atoms with Gasteiger partial charge in [-0.15, -0.1) is 0 Å². The summed E-state index contributed by atoms with van der Waals surface area (Å²) >= 11 is 0. The minimum Gasteiger partial charge on any atom is -0.333 e. The highest BCUT2D eigenvalue weighted by Crippen LogP contribution is 2.45. The molecule has 1 aliphatic heterocycles. The van der Waals surface area contributed by atoms with Crippen molar-refractivity contribution in [1.82, 2.24) is 0 Å². The third-order valence-electron chi connectivity index (χ3n) is 9.01. The number of para-hydroxylation sites is 2. The second-order valence-electron chi connectivity index (χ2n) is 11.8. The van der Waals surface area contributed by atoms with Gasteiger partial charge in [0.15, 0.2) is 0 Å². The number of nitrogens with zero attached hydrogens (tertiary/aromatic N) is 2. The molecule has 0 aromatic heterocycles. The van der Waals surface area contributed by atoms with E-state index in [2.05, 4.69) is 198 Å². The van der Waals surface area contributed by atoms with Gasteiger partial charge < -0.3 is 9.80 Å². The van der Waals surface area contributed by atoms with Gasteiger partial charge in [0, 0.05) is 28.4 Å². The minimum absolute atomic E-state index is 0.287. The van der Waals surface area contributed by atoms with Crippen molar-refractivity contribution in [2.75, 3.05) is 9.80 Å².